The highest BCUT2D eigenvalue weighted by Gasteiger charge is 2.51. The van der Waals surface area contributed by atoms with Crippen LogP contribution in [0.4, 0.5) is 13.2 Å². The summed E-state index contributed by atoms with van der Waals surface area (Å²) in [6.45, 7) is 3.62. The number of carbonyl (C=O) groups excluding carboxylic acids is 2. The van der Waals surface area contributed by atoms with E-state index in [-0.39, 0.29) is 30.7 Å². The minimum Gasteiger partial charge on any atom is -0.486 e. The molecular weight excluding hydrogens is 529 g/mol. The zero-order chi connectivity index (χ0) is 29.2. The lowest BCUT2D eigenvalue weighted by Crippen LogP contribution is -2.58. The number of aliphatic hydroxyl groups is 2. The summed E-state index contributed by atoms with van der Waals surface area (Å²) < 4.78 is 53.3. The van der Waals surface area contributed by atoms with E-state index in [0.29, 0.717) is 34.5 Å². The maximum atomic E-state index is 13.8. The van der Waals surface area contributed by atoms with Crippen molar-refractivity contribution in [1.82, 2.24) is 10.2 Å². The molecule has 11 heteroatoms. The number of nitrogens with one attached hydrogen (secondary N) is 1. The van der Waals surface area contributed by atoms with E-state index in [9.17, 15) is 33.0 Å². The number of hydrogen-bond donors (Lipinski definition) is 3. The molecule has 4 rings (SSSR count). The molecule has 1 aromatic rings. The van der Waals surface area contributed by atoms with Gasteiger partial charge in [0.05, 0.1) is 24.7 Å². The Labute approximate surface area is 232 Å². The van der Waals surface area contributed by atoms with Gasteiger partial charge in [-0.3, -0.25) is 9.59 Å². The smallest absolute Gasteiger partial charge is 0.406 e. The molecule has 222 valence electrons. The first-order valence-corrected chi connectivity index (χ1v) is 13.9. The van der Waals surface area contributed by atoms with Gasteiger partial charge in [0.1, 0.15) is 31.1 Å². The number of para-hydroxylation sites is 1. The number of rotatable bonds is 9. The molecule has 0 aromatic heterocycles. The van der Waals surface area contributed by atoms with Gasteiger partial charge >= 0.3 is 6.18 Å². The highest BCUT2D eigenvalue weighted by atomic mass is 19.4. The van der Waals surface area contributed by atoms with Gasteiger partial charge in [0.25, 0.3) is 0 Å². The van der Waals surface area contributed by atoms with Gasteiger partial charge in [0.2, 0.25) is 11.8 Å². The Kier molecular flexibility index (Phi) is 9.47. The first-order valence-electron chi connectivity index (χ1n) is 13.9. The minimum absolute atomic E-state index is 0.0700. The third kappa shape index (κ3) is 6.63. The van der Waals surface area contributed by atoms with Crippen LogP contribution < -0.4 is 10.1 Å². The van der Waals surface area contributed by atoms with Crippen LogP contribution in [0.25, 0.3) is 0 Å². The van der Waals surface area contributed by atoms with E-state index in [4.69, 9.17) is 9.47 Å². The topological polar surface area (TPSA) is 108 Å². The highest BCUT2D eigenvalue weighted by Crippen LogP contribution is 2.47. The Morgan fingerprint density at radius 1 is 1.23 bits per heavy atom. The lowest BCUT2D eigenvalue weighted by molar-refractivity contribution is -0.175. The van der Waals surface area contributed by atoms with Crippen LogP contribution in [0.15, 0.2) is 35.9 Å². The highest BCUT2D eigenvalue weighted by molar-refractivity contribution is 5.96. The fourth-order valence-corrected chi connectivity index (χ4v) is 6.31. The van der Waals surface area contributed by atoms with E-state index in [1.165, 1.54) is 6.08 Å². The van der Waals surface area contributed by atoms with E-state index in [0.717, 1.165) is 12.8 Å². The Hall–Kier alpha value is -2.63. The predicted molar refractivity (Wildman–Crippen MR) is 140 cm³/mol. The first-order chi connectivity index (χ1) is 18.9. The first kappa shape index (κ1) is 30.3. The fraction of sp³-hybridized carbons (Fsp3) is 0.655. The summed E-state index contributed by atoms with van der Waals surface area (Å²) in [5.41, 5.74) is 0.680. The van der Waals surface area contributed by atoms with Crippen LogP contribution >= 0.6 is 0 Å². The average Bonchev–Trinajstić information content (AvgIpc) is 3.29. The van der Waals surface area contributed by atoms with Crippen molar-refractivity contribution in [1.29, 1.82) is 0 Å². The molecule has 1 aliphatic heterocycles. The number of carbonyl (C=O) groups is 2. The number of aliphatic hydroxyl groups excluding tert-OH is 2. The van der Waals surface area contributed by atoms with Gasteiger partial charge in [-0.15, -0.1) is 0 Å². The predicted octanol–water partition coefficient (Wildman–Crippen LogP) is 3.18. The van der Waals surface area contributed by atoms with Gasteiger partial charge < -0.3 is 29.9 Å². The van der Waals surface area contributed by atoms with Crippen molar-refractivity contribution in [3.63, 3.8) is 0 Å². The molecule has 3 aliphatic rings. The molecule has 2 amide bonds. The van der Waals surface area contributed by atoms with Crippen molar-refractivity contribution >= 4 is 11.8 Å². The average molecular weight is 569 g/mol. The quantitative estimate of drug-likeness (QED) is 0.423. The maximum Gasteiger partial charge on any atom is 0.406 e. The van der Waals surface area contributed by atoms with Crippen molar-refractivity contribution in [3.05, 3.63) is 41.5 Å². The lowest BCUT2D eigenvalue weighted by atomic mass is 9.75. The molecule has 7 unspecified atom stereocenters. The lowest BCUT2D eigenvalue weighted by Gasteiger charge is -2.41. The summed E-state index contributed by atoms with van der Waals surface area (Å²) >= 11 is 0. The molecule has 8 nitrogen and oxygen atoms in total. The Morgan fingerprint density at radius 2 is 1.95 bits per heavy atom. The van der Waals surface area contributed by atoms with Gasteiger partial charge in [-0.1, -0.05) is 45.4 Å². The summed E-state index contributed by atoms with van der Waals surface area (Å²) in [4.78, 5) is 27.1. The number of fused-ring (bicyclic) bond motifs is 3. The number of alkyl halides is 3. The van der Waals surface area contributed by atoms with Crippen molar-refractivity contribution in [2.45, 2.75) is 76.5 Å². The summed E-state index contributed by atoms with van der Waals surface area (Å²) in [5, 5.41) is 23.1. The molecule has 0 radical (unpaired) electrons. The van der Waals surface area contributed by atoms with Gasteiger partial charge in [-0.05, 0) is 42.7 Å². The van der Waals surface area contributed by atoms with Crippen LogP contribution in [0.5, 0.6) is 5.75 Å². The van der Waals surface area contributed by atoms with Gasteiger partial charge in [-0.25, -0.2) is 0 Å². The Morgan fingerprint density at radius 3 is 2.62 bits per heavy atom. The van der Waals surface area contributed by atoms with Gasteiger partial charge in [-0.2, -0.15) is 13.2 Å². The zero-order valence-corrected chi connectivity index (χ0v) is 23.1. The molecule has 0 saturated heterocycles. The Bertz CT molecular complexity index is 1090. The molecule has 7 atom stereocenters. The number of halogens is 3. The van der Waals surface area contributed by atoms with E-state index in [1.54, 1.807) is 24.3 Å². The number of nitrogens with zero attached hydrogens (tertiary/aromatic N) is 1. The van der Waals surface area contributed by atoms with Crippen molar-refractivity contribution in [2.75, 3.05) is 26.3 Å². The van der Waals surface area contributed by atoms with Crippen LogP contribution in [-0.2, 0) is 14.3 Å². The van der Waals surface area contributed by atoms with Crippen molar-refractivity contribution in [2.24, 2.45) is 17.8 Å². The number of hydrogen-bond acceptors (Lipinski definition) is 6. The van der Waals surface area contributed by atoms with E-state index >= 15 is 0 Å². The van der Waals surface area contributed by atoms with Crippen LogP contribution in [0.3, 0.4) is 0 Å². The number of benzene rings is 1. The largest absolute Gasteiger partial charge is 0.486 e. The zero-order valence-electron chi connectivity index (χ0n) is 23.1. The Balaban J connectivity index is 1.64. The SMILES string of the molecule is CC1CCC(C(C)C)C(OCC(=O)N(CC(F)(F)F)C2C=C(C(=O)NCCO)C3c4ccccc4OC3C2O)C1. The second kappa shape index (κ2) is 12.5. The van der Waals surface area contributed by atoms with Gasteiger partial charge in [0.15, 0.2) is 0 Å². The van der Waals surface area contributed by atoms with E-state index < -0.39 is 55.3 Å². The molecular formula is C29H39F3N2O6. The number of ether oxygens (including phenoxy) is 2. The second-order valence-corrected chi connectivity index (χ2v) is 11.5. The van der Waals surface area contributed by atoms with E-state index in [2.05, 4.69) is 26.1 Å². The van der Waals surface area contributed by atoms with Crippen LogP contribution in [0.2, 0.25) is 0 Å². The second-order valence-electron chi connectivity index (χ2n) is 11.5. The molecule has 0 bridgehead atoms. The van der Waals surface area contributed by atoms with E-state index in [1.807, 2.05) is 0 Å². The molecule has 40 heavy (non-hydrogen) atoms. The summed E-state index contributed by atoms with van der Waals surface area (Å²) in [5.74, 6) is -1.04. The normalized spacial score (nSPS) is 29.7. The monoisotopic (exact) mass is 568 g/mol. The van der Waals surface area contributed by atoms with Crippen LogP contribution in [0, 0.1) is 17.8 Å². The fourth-order valence-electron chi connectivity index (χ4n) is 6.31. The number of amides is 2. The van der Waals surface area contributed by atoms with Crippen LogP contribution in [-0.4, -0.2) is 83.8 Å². The molecule has 1 saturated carbocycles. The van der Waals surface area contributed by atoms with Crippen LogP contribution in [0.1, 0.15) is 51.5 Å². The summed E-state index contributed by atoms with van der Waals surface area (Å²) in [6, 6.07) is 5.33. The van der Waals surface area contributed by atoms with Gasteiger partial charge in [0, 0.05) is 17.7 Å². The minimum atomic E-state index is -4.77. The maximum absolute atomic E-state index is 13.8. The molecule has 1 fully saturated rings. The molecule has 1 heterocycles. The third-order valence-corrected chi connectivity index (χ3v) is 8.29. The van der Waals surface area contributed by atoms with Crippen molar-refractivity contribution < 1.29 is 42.4 Å². The van der Waals surface area contributed by atoms with Crippen molar-refractivity contribution in [3.8, 4) is 5.75 Å². The molecule has 1 aromatic carbocycles. The summed E-state index contributed by atoms with van der Waals surface area (Å²) in [7, 11) is 0. The molecule has 3 N–H and O–H groups in total. The summed E-state index contributed by atoms with van der Waals surface area (Å²) in [6.07, 6.45) is -3.77. The molecule has 2 aliphatic carbocycles. The third-order valence-electron chi connectivity index (χ3n) is 8.29. The standard InChI is InChI=1S/C29H39F3N2O6/c1-16(2)18-9-8-17(3)12-23(18)39-14-24(36)34(15-29(30,31)32)21-13-20(28(38)33-10-11-35)25-19-6-4-5-7-22(19)40-27(25)26(21)37/h4-7,13,16-18,21,23,25-27,35,37H,8-12,14-15H2,1-3H3,(H,33,38). The molecule has 0 spiro atoms.